The van der Waals surface area contributed by atoms with Crippen molar-refractivity contribution in [1.29, 1.82) is 0 Å². The first-order valence-corrected chi connectivity index (χ1v) is 5.91. The second kappa shape index (κ2) is 5.50. The lowest BCUT2D eigenvalue weighted by Crippen LogP contribution is -2.36. The molecule has 0 atom stereocenters. The molecule has 80 valence electrons. The van der Waals surface area contributed by atoms with Crippen LogP contribution in [0.2, 0.25) is 0 Å². The van der Waals surface area contributed by atoms with Crippen LogP contribution in [0.3, 0.4) is 0 Å². The van der Waals surface area contributed by atoms with Crippen molar-refractivity contribution in [2.24, 2.45) is 5.92 Å². The van der Waals surface area contributed by atoms with E-state index >= 15 is 0 Å². The van der Waals surface area contributed by atoms with Crippen LogP contribution in [0.4, 0.5) is 0 Å². The topological polar surface area (TPSA) is 3.24 Å². The predicted molar refractivity (Wildman–Crippen MR) is 66.6 cm³/mol. The molecule has 0 saturated carbocycles. The van der Waals surface area contributed by atoms with Crippen LogP contribution < -0.4 is 0 Å². The maximum Gasteiger partial charge on any atom is 0.0747 e. The molecule has 0 aliphatic carbocycles. The molecule has 0 amide bonds. The van der Waals surface area contributed by atoms with Crippen LogP contribution >= 0.6 is 12.2 Å². The fourth-order valence-electron chi connectivity index (χ4n) is 2.03. The molecule has 1 nitrogen and oxygen atoms in total. The van der Waals surface area contributed by atoms with E-state index in [1.807, 2.05) is 6.92 Å². The molecule has 0 unspecified atom stereocenters. The van der Waals surface area contributed by atoms with E-state index in [2.05, 4.69) is 24.8 Å². The van der Waals surface area contributed by atoms with Gasteiger partial charge in [-0.15, -0.1) is 0 Å². The summed E-state index contributed by atoms with van der Waals surface area (Å²) >= 11 is 5.18. The second-order valence-corrected chi connectivity index (χ2v) is 4.88. The van der Waals surface area contributed by atoms with Crippen molar-refractivity contribution in [3.8, 4) is 0 Å². The minimum absolute atomic E-state index is 0.886. The molecular formula is C12H21NS. The van der Waals surface area contributed by atoms with Gasteiger partial charge in [0.2, 0.25) is 0 Å². The molecule has 1 rings (SSSR count). The zero-order valence-corrected chi connectivity index (χ0v) is 10.4. The monoisotopic (exact) mass is 211 g/mol. The minimum Gasteiger partial charge on any atom is -0.366 e. The van der Waals surface area contributed by atoms with Crippen molar-refractivity contribution >= 4 is 17.2 Å². The number of piperidine rings is 1. The van der Waals surface area contributed by atoms with Crippen molar-refractivity contribution < 1.29 is 0 Å². The molecule has 0 aromatic rings. The molecule has 0 aromatic heterocycles. The minimum atomic E-state index is 0.886. The van der Waals surface area contributed by atoms with Gasteiger partial charge in [0.1, 0.15) is 0 Å². The average Bonchev–Trinajstić information content (AvgIpc) is 2.18. The number of hydrogen-bond acceptors (Lipinski definition) is 1. The summed E-state index contributed by atoms with van der Waals surface area (Å²) in [4.78, 5) is 3.39. The number of thiocarbonyl (C=S) groups is 1. The van der Waals surface area contributed by atoms with Crippen molar-refractivity contribution in [2.75, 3.05) is 13.1 Å². The van der Waals surface area contributed by atoms with Gasteiger partial charge in [0.25, 0.3) is 0 Å². The van der Waals surface area contributed by atoms with E-state index < -0.39 is 0 Å². The molecule has 14 heavy (non-hydrogen) atoms. The van der Waals surface area contributed by atoms with Gasteiger partial charge in [0, 0.05) is 13.1 Å². The smallest absolute Gasteiger partial charge is 0.0747 e. The third-order valence-electron chi connectivity index (χ3n) is 3.16. The summed E-state index contributed by atoms with van der Waals surface area (Å²) in [6.45, 7) is 8.73. The molecule has 0 N–H and O–H groups in total. The largest absolute Gasteiger partial charge is 0.366 e. The maximum atomic E-state index is 5.18. The van der Waals surface area contributed by atoms with E-state index in [0.29, 0.717) is 0 Å². The summed E-state index contributed by atoms with van der Waals surface area (Å²) in [5.41, 5.74) is 1.53. The van der Waals surface area contributed by atoms with Crippen molar-refractivity contribution in [1.82, 2.24) is 4.90 Å². The number of hydrogen-bond donors (Lipinski definition) is 0. The van der Waals surface area contributed by atoms with Gasteiger partial charge in [-0.25, -0.2) is 0 Å². The highest BCUT2D eigenvalue weighted by molar-refractivity contribution is 7.80. The molecule has 1 fully saturated rings. The first-order valence-electron chi connectivity index (χ1n) is 5.50. The van der Waals surface area contributed by atoms with E-state index in [-0.39, 0.29) is 0 Å². The van der Waals surface area contributed by atoms with Crippen LogP contribution in [0.15, 0.2) is 11.6 Å². The highest BCUT2D eigenvalue weighted by atomic mass is 32.1. The van der Waals surface area contributed by atoms with E-state index in [0.717, 1.165) is 24.0 Å². The van der Waals surface area contributed by atoms with Gasteiger partial charge < -0.3 is 4.90 Å². The maximum absolute atomic E-state index is 5.18. The third kappa shape index (κ3) is 3.41. The van der Waals surface area contributed by atoms with Gasteiger partial charge in [0.05, 0.1) is 4.99 Å². The summed E-state index contributed by atoms with van der Waals surface area (Å²) in [6.07, 6.45) is 6.12. The van der Waals surface area contributed by atoms with Gasteiger partial charge >= 0.3 is 0 Å². The Labute approximate surface area is 93.2 Å². The SMILES string of the molecule is C/C=C(\C)CC1CCN(C(C)=S)CC1. The third-order valence-corrected chi connectivity index (χ3v) is 3.42. The van der Waals surface area contributed by atoms with Crippen LogP contribution in [0.25, 0.3) is 0 Å². The predicted octanol–water partition coefficient (Wildman–Crippen LogP) is 3.40. The number of allylic oxidation sites excluding steroid dienone is 2. The number of rotatable bonds is 2. The summed E-state index contributed by atoms with van der Waals surface area (Å²) < 4.78 is 0. The summed E-state index contributed by atoms with van der Waals surface area (Å²) in [5.74, 6) is 0.886. The van der Waals surface area contributed by atoms with Gasteiger partial charge in [-0.3, -0.25) is 0 Å². The Morgan fingerprint density at radius 2 is 1.93 bits per heavy atom. The zero-order chi connectivity index (χ0) is 10.6. The van der Waals surface area contributed by atoms with Gasteiger partial charge in [-0.2, -0.15) is 0 Å². The molecule has 1 heterocycles. The molecule has 0 radical (unpaired) electrons. The molecule has 0 spiro atoms. The van der Waals surface area contributed by atoms with Crippen LogP contribution in [0.1, 0.15) is 40.0 Å². The van der Waals surface area contributed by atoms with Gasteiger partial charge in [-0.1, -0.05) is 23.9 Å². The fraction of sp³-hybridized carbons (Fsp3) is 0.750. The molecule has 1 aliphatic heterocycles. The highest BCUT2D eigenvalue weighted by Crippen LogP contribution is 2.23. The Hall–Kier alpha value is -0.370. The lowest BCUT2D eigenvalue weighted by molar-refractivity contribution is 0.267. The van der Waals surface area contributed by atoms with E-state index in [9.17, 15) is 0 Å². The van der Waals surface area contributed by atoms with Crippen molar-refractivity contribution in [2.45, 2.75) is 40.0 Å². The van der Waals surface area contributed by atoms with Crippen molar-refractivity contribution in [3.05, 3.63) is 11.6 Å². The summed E-state index contributed by atoms with van der Waals surface area (Å²) in [5, 5.41) is 0. The molecule has 0 aromatic carbocycles. The molecular weight excluding hydrogens is 190 g/mol. The molecule has 1 saturated heterocycles. The zero-order valence-electron chi connectivity index (χ0n) is 9.55. The highest BCUT2D eigenvalue weighted by Gasteiger charge is 2.18. The molecule has 2 heteroatoms. The summed E-state index contributed by atoms with van der Waals surface area (Å²) in [7, 11) is 0. The van der Waals surface area contributed by atoms with Crippen LogP contribution in [-0.4, -0.2) is 23.0 Å². The van der Waals surface area contributed by atoms with Crippen LogP contribution in [0.5, 0.6) is 0 Å². The van der Waals surface area contributed by atoms with Gasteiger partial charge in [0.15, 0.2) is 0 Å². The standard InChI is InChI=1S/C12H21NS/c1-4-10(2)9-12-5-7-13(8-6-12)11(3)14/h4,12H,5-9H2,1-3H3/b10-4+. The lowest BCUT2D eigenvalue weighted by atomic mass is 9.90. The Kier molecular flexibility index (Phi) is 4.59. The molecule has 0 bridgehead atoms. The quantitative estimate of drug-likeness (QED) is 0.509. The Morgan fingerprint density at radius 1 is 1.36 bits per heavy atom. The Bertz CT molecular complexity index is 224. The lowest BCUT2D eigenvalue weighted by Gasteiger charge is -2.33. The normalized spacial score (nSPS) is 19.9. The van der Waals surface area contributed by atoms with Gasteiger partial charge in [-0.05, 0) is 46.0 Å². The van der Waals surface area contributed by atoms with E-state index in [4.69, 9.17) is 12.2 Å². The fourth-order valence-corrected chi connectivity index (χ4v) is 2.21. The van der Waals surface area contributed by atoms with Crippen LogP contribution in [0, 0.1) is 5.92 Å². The Balaban J connectivity index is 2.32. The molecule has 1 aliphatic rings. The number of likely N-dealkylation sites (tertiary alicyclic amines) is 1. The Morgan fingerprint density at radius 3 is 2.36 bits per heavy atom. The average molecular weight is 211 g/mol. The summed E-state index contributed by atoms with van der Waals surface area (Å²) in [6, 6.07) is 0. The first-order chi connectivity index (χ1) is 6.63. The van der Waals surface area contributed by atoms with E-state index in [1.165, 1.54) is 24.8 Å². The number of nitrogens with zero attached hydrogens (tertiary/aromatic N) is 1. The van der Waals surface area contributed by atoms with Crippen molar-refractivity contribution in [3.63, 3.8) is 0 Å². The first kappa shape index (κ1) is 11.7. The van der Waals surface area contributed by atoms with Crippen LogP contribution in [-0.2, 0) is 0 Å². The van der Waals surface area contributed by atoms with E-state index in [1.54, 1.807) is 0 Å². The second-order valence-electron chi connectivity index (χ2n) is 4.29.